The lowest BCUT2D eigenvalue weighted by Gasteiger charge is -2.03. The Morgan fingerprint density at radius 2 is 1.89 bits per heavy atom. The molecule has 0 unspecified atom stereocenters. The van der Waals surface area contributed by atoms with Crippen molar-refractivity contribution in [1.29, 1.82) is 5.26 Å². The highest BCUT2D eigenvalue weighted by Crippen LogP contribution is 2.20. The molecule has 0 saturated carbocycles. The zero-order chi connectivity index (χ0) is 12.5. The number of benzene rings is 2. The van der Waals surface area contributed by atoms with Crippen LogP contribution in [0.25, 0.3) is 16.7 Å². The van der Waals surface area contributed by atoms with E-state index in [2.05, 4.69) is 11.1 Å². The molecule has 0 radical (unpaired) electrons. The monoisotopic (exact) mass is 251 g/mol. The summed E-state index contributed by atoms with van der Waals surface area (Å²) >= 11 is 5.34. The number of hydrogen-bond acceptors (Lipinski definition) is 2. The van der Waals surface area contributed by atoms with E-state index in [-0.39, 0.29) is 0 Å². The van der Waals surface area contributed by atoms with Gasteiger partial charge >= 0.3 is 0 Å². The molecule has 0 aliphatic rings. The van der Waals surface area contributed by atoms with E-state index in [1.165, 1.54) is 0 Å². The van der Waals surface area contributed by atoms with E-state index in [1.807, 2.05) is 47.0 Å². The zero-order valence-electron chi connectivity index (χ0n) is 9.42. The predicted molar refractivity (Wildman–Crippen MR) is 73.2 cm³/mol. The van der Waals surface area contributed by atoms with Gasteiger partial charge in [0.05, 0.1) is 22.7 Å². The number of nitrogens with one attached hydrogen (secondary N) is 1. The summed E-state index contributed by atoms with van der Waals surface area (Å²) in [5.74, 6) is 0. The highest BCUT2D eigenvalue weighted by Gasteiger charge is 2.06. The molecule has 0 atom stereocenters. The second kappa shape index (κ2) is 4.13. The second-order valence-corrected chi connectivity index (χ2v) is 4.33. The molecule has 2 aromatic carbocycles. The molecular weight excluding hydrogens is 242 g/mol. The maximum absolute atomic E-state index is 8.97. The minimum absolute atomic E-state index is 0.626. The van der Waals surface area contributed by atoms with Crippen LogP contribution in [0.3, 0.4) is 0 Å². The Labute approximate surface area is 109 Å². The Hall–Kier alpha value is -2.38. The summed E-state index contributed by atoms with van der Waals surface area (Å²) in [6.07, 6.45) is 0. The summed E-state index contributed by atoms with van der Waals surface area (Å²) < 4.78 is 2.57. The number of aromatic amines is 1. The smallest absolute Gasteiger partial charge is 0.182 e. The molecule has 0 spiro atoms. The number of fused-ring (bicyclic) bond motifs is 1. The normalized spacial score (nSPS) is 10.4. The van der Waals surface area contributed by atoms with E-state index in [4.69, 9.17) is 17.5 Å². The van der Waals surface area contributed by atoms with Gasteiger partial charge in [0.2, 0.25) is 0 Å². The van der Waals surface area contributed by atoms with E-state index < -0.39 is 0 Å². The van der Waals surface area contributed by atoms with Gasteiger partial charge in [-0.2, -0.15) is 5.26 Å². The lowest BCUT2D eigenvalue weighted by molar-refractivity contribution is 1.06. The maximum Gasteiger partial charge on any atom is 0.182 e. The number of para-hydroxylation sites is 1. The first-order valence-electron chi connectivity index (χ1n) is 5.50. The molecule has 0 bridgehead atoms. The summed E-state index contributed by atoms with van der Waals surface area (Å²) in [6, 6.07) is 17.5. The van der Waals surface area contributed by atoms with Gasteiger partial charge in [-0.05, 0) is 42.5 Å². The van der Waals surface area contributed by atoms with Crippen molar-refractivity contribution in [2.45, 2.75) is 0 Å². The fourth-order valence-corrected chi connectivity index (χ4v) is 2.32. The Bertz CT molecular complexity index is 806. The van der Waals surface area contributed by atoms with Gasteiger partial charge in [-0.3, -0.25) is 4.57 Å². The van der Waals surface area contributed by atoms with Gasteiger partial charge in [0.25, 0.3) is 0 Å². The van der Waals surface area contributed by atoms with Gasteiger partial charge in [-0.25, -0.2) is 0 Å². The van der Waals surface area contributed by atoms with Crippen molar-refractivity contribution < 1.29 is 0 Å². The molecule has 1 heterocycles. The molecular formula is C14H9N3S. The van der Waals surface area contributed by atoms with E-state index in [0.29, 0.717) is 10.3 Å². The third-order valence-corrected chi connectivity index (χ3v) is 3.11. The lowest BCUT2D eigenvalue weighted by Crippen LogP contribution is -1.93. The first-order chi connectivity index (χ1) is 8.79. The molecule has 0 aliphatic carbocycles. The van der Waals surface area contributed by atoms with Gasteiger partial charge < -0.3 is 4.98 Å². The summed E-state index contributed by atoms with van der Waals surface area (Å²) in [6.45, 7) is 0. The molecule has 18 heavy (non-hydrogen) atoms. The van der Waals surface area contributed by atoms with Crippen molar-refractivity contribution in [3.05, 3.63) is 58.9 Å². The van der Waals surface area contributed by atoms with Crippen LogP contribution < -0.4 is 0 Å². The van der Waals surface area contributed by atoms with Gasteiger partial charge in [-0.15, -0.1) is 0 Å². The number of rotatable bonds is 1. The Kier molecular flexibility index (Phi) is 2.47. The van der Waals surface area contributed by atoms with Crippen LogP contribution in [0.4, 0.5) is 0 Å². The SMILES string of the molecule is N#Cc1ccc2[nH]c(=S)n(-c3ccccc3)c2c1. The topological polar surface area (TPSA) is 44.5 Å². The number of aromatic nitrogens is 2. The zero-order valence-corrected chi connectivity index (χ0v) is 10.2. The quantitative estimate of drug-likeness (QED) is 0.672. The molecule has 1 N–H and O–H groups in total. The number of H-pyrrole nitrogens is 1. The van der Waals surface area contributed by atoms with Crippen LogP contribution in [-0.2, 0) is 0 Å². The average Bonchev–Trinajstić information content (AvgIpc) is 2.74. The minimum Gasteiger partial charge on any atom is -0.330 e. The van der Waals surface area contributed by atoms with Crippen LogP contribution in [0.15, 0.2) is 48.5 Å². The van der Waals surface area contributed by atoms with Crippen LogP contribution in [0.1, 0.15) is 5.56 Å². The van der Waals surface area contributed by atoms with Crippen LogP contribution in [-0.4, -0.2) is 9.55 Å². The molecule has 3 aromatic rings. The van der Waals surface area contributed by atoms with E-state index in [1.54, 1.807) is 6.07 Å². The fraction of sp³-hybridized carbons (Fsp3) is 0. The van der Waals surface area contributed by atoms with Gasteiger partial charge in [-0.1, -0.05) is 18.2 Å². The molecule has 3 nitrogen and oxygen atoms in total. The molecule has 0 aliphatic heterocycles. The van der Waals surface area contributed by atoms with Gasteiger partial charge in [0.15, 0.2) is 4.77 Å². The predicted octanol–water partition coefficient (Wildman–Crippen LogP) is 3.56. The summed E-state index contributed by atoms with van der Waals surface area (Å²) in [7, 11) is 0. The Balaban J connectivity index is 2.39. The standard InChI is InChI=1S/C14H9N3S/c15-9-10-6-7-12-13(8-10)17(14(18)16-12)11-4-2-1-3-5-11/h1-8H,(H,16,18). The fourth-order valence-electron chi connectivity index (χ4n) is 2.01. The molecule has 0 amide bonds. The van der Waals surface area contributed by atoms with E-state index >= 15 is 0 Å². The van der Waals surface area contributed by atoms with Crippen molar-refractivity contribution >= 4 is 23.3 Å². The third-order valence-electron chi connectivity index (χ3n) is 2.83. The number of nitrogens with zero attached hydrogens (tertiary/aromatic N) is 2. The Morgan fingerprint density at radius 1 is 1.11 bits per heavy atom. The summed E-state index contributed by atoms with van der Waals surface area (Å²) in [5.41, 5.74) is 3.47. The third kappa shape index (κ3) is 1.62. The number of hydrogen-bond donors (Lipinski definition) is 1. The number of nitriles is 1. The minimum atomic E-state index is 0.626. The number of imidazole rings is 1. The molecule has 0 saturated heterocycles. The van der Waals surface area contributed by atoms with Crippen molar-refractivity contribution in [3.63, 3.8) is 0 Å². The summed E-state index contributed by atoms with van der Waals surface area (Å²) in [5, 5.41) is 8.97. The molecule has 1 aromatic heterocycles. The van der Waals surface area contributed by atoms with Crippen LogP contribution in [0, 0.1) is 16.1 Å². The van der Waals surface area contributed by atoms with Crippen molar-refractivity contribution in [2.24, 2.45) is 0 Å². The highest BCUT2D eigenvalue weighted by molar-refractivity contribution is 7.71. The lowest BCUT2D eigenvalue weighted by atomic mass is 10.2. The van der Waals surface area contributed by atoms with Crippen LogP contribution in [0.5, 0.6) is 0 Å². The highest BCUT2D eigenvalue weighted by atomic mass is 32.1. The van der Waals surface area contributed by atoms with Crippen molar-refractivity contribution in [2.75, 3.05) is 0 Å². The van der Waals surface area contributed by atoms with E-state index in [9.17, 15) is 0 Å². The largest absolute Gasteiger partial charge is 0.330 e. The van der Waals surface area contributed by atoms with Gasteiger partial charge in [0, 0.05) is 5.69 Å². The maximum atomic E-state index is 8.97. The second-order valence-electron chi connectivity index (χ2n) is 3.94. The average molecular weight is 251 g/mol. The van der Waals surface area contributed by atoms with Crippen molar-refractivity contribution in [3.8, 4) is 11.8 Å². The molecule has 4 heteroatoms. The molecule has 86 valence electrons. The van der Waals surface area contributed by atoms with Crippen LogP contribution >= 0.6 is 12.2 Å². The molecule has 0 fully saturated rings. The van der Waals surface area contributed by atoms with Crippen molar-refractivity contribution in [1.82, 2.24) is 9.55 Å². The first-order valence-corrected chi connectivity index (χ1v) is 5.91. The van der Waals surface area contributed by atoms with Gasteiger partial charge in [0.1, 0.15) is 0 Å². The molecule has 3 rings (SSSR count). The van der Waals surface area contributed by atoms with E-state index in [0.717, 1.165) is 16.7 Å². The van der Waals surface area contributed by atoms with Crippen LogP contribution in [0.2, 0.25) is 0 Å². The Morgan fingerprint density at radius 3 is 2.61 bits per heavy atom. The first kappa shape index (κ1) is 10.8. The summed E-state index contributed by atoms with van der Waals surface area (Å²) in [4.78, 5) is 3.15.